The molecule has 6 nitrogen and oxygen atoms in total. The summed E-state index contributed by atoms with van der Waals surface area (Å²) in [5, 5.41) is 10.4. The molecule has 0 saturated heterocycles. The Morgan fingerprint density at radius 2 is 1.20 bits per heavy atom. The zero-order valence-corrected chi connectivity index (χ0v) is 30.6. The molecule has 8 aromatic rings. The van der Waals surface area contributed by atoms with E-state index in [1.54, 1.807) is 6.07 Å². The van der Waals surface area contributed by atoms with Gasteiger partial charge in [-0.15, -0.1) is 10.2 Å². The number of hydrogen-bond acceptors (Lipinski definition) is 3. The third kappa shape index (κ3) is 7.22. The Morgan fingerprint density at radius 1 is 0.600 bits per heavy atom. The van der Waals surface area contributed by atoms with Crippen LogP contribution < -0.4 is 0 Å². The molecule has 55 heavy (non-hydrogen) atoms. The molecule has 3 heterocycles. The molecule has 0 aliphatic heterocycles. The van der Waals surface area contributed by atoms with Crippen LogP contribution in [0.15, 0.2) is 158 Å². The summed E-state index contributed by atoms with van der Waals surface area (Å²) < 4.78 is 47.3. The Kier molecular flexibility index (Phi) is 9.93. The summed E-state index contributed by atoms with van der Waals surface area (Å²) in [6.07, 6.45) is 4.88. The number of aromatic nitrogens is 6. The van der Waals surface area contributed by atoms with E-state index in [0.717, 1.165) is 47.1 Å². The van der Waals surface area contributed by atoms with E-state index in [1.807, 2.05) is 43.7 Å². The molecule has 0 spiro atoms. The van der Waals surface area contributed by atoms with Gasteiger partial charge in [-0.25, -0.2) is 4.98 Å². The quantitative estimate of drug-likeness (QED) is 0.111. The number of benzene rings is 5. The highest BCUT2D eigenvalue weighted by molar-refractivity contribution is 5.83. The SMILES string of the molecule is Cn1cc(CCc2nnc(Cc3cccc(C(F)(F)F)c3)n2CCCc2cn(C(c3ccccc3)(c3ccccc3)c3ccccc3)cn2)c2ccccc21. The number of rotatable bonds is 13. The van der Waals surface area contributed by atoms with Crippen molar-refractivity contribution < 1.29 is 13.2 Å². The van der Waals surface area contributed by atoms with Crippen LogP contribution in [-0.4, -0.2) is 28.9 Å². The standard InChI is InChI=1S/C46H41F3N6/c1-53-31-35(41-24-11-12-25-42(41)53)26-27-43-51-52-44(30-34-15-13-22-39(29-34)46(47,48)49)55(43)28-14-23-40-32-54(33-50-40)45(36-16-5-2-6-17-36,37-18-7-3-8-19-37)38-20-9-4-10-21-38/h2-13,15-22,24-25,29,31-33H,14,23,26-28,30H2,1H3. The first kappa shape index (κ1) is 35.8. The Hall–Kier alpha value is -6.22. The number of alkyl halides is 3. The number of para-hydroxylation sites is 1. The van der Waals surface area contributed by atoms with Crippen molar-refractivity contribution in [3.63, 3.8) is 0 Å². The maximum Gasteiger partial charge on any atom is 0.416 e. The number of hydrogen-bond donors (Lipinski definition) is 0. The summed E-state index contributed by atoms with van der Waals surface area (Å²) in [5.74, 6) is 1.46. The lowest BCUT2D eigenvalue weighted by molar-refractivity contribution is -0.137. The molecule has 0 aliphatic carbocycles. The molecule has 0 N–H and O–H groups in total. The van der Waals surface area contributed by atoms with Gasteiger partial charge in [0.05, 0.1) is 17.6 Å². The minimum absolute atomic E-state index is 0.244. The van der Waals surface area contributed by atoms with Crippen LogP contribution in [0.4, 0.5) is 13.2 Å². The fourth-order valence-electron chi connectivity index (χ4n) is 7.94. The van der Waals surface area contributed by atoms with Crippen LogP contribution in [-0.2, 0) is 51.0 Å². The molecule has 0 aliphatic rings. The Balaban J connectivity index is 1.09. The summed E-state index contributed by atoms with van der Waals surface area (Å²) in [6, 6.07) is 45.3. The number of imidazole rings is 1. The topological polar surface area (TPSA) is 53.5 Å². The highest BCUT2D eigenvalue weighted by Gasteiger charge is 2.38. The first-order valence-electron chi connectivity index (χ1n) is 18.6. The van der Waals surface area contributed by atoms with Crippen molar-refractivity contribution in [3.8, 4) is 0 Å². The van der Waals surface area contributed by atoms with E-state index in [2.05, 4.69) is 121 Å². The van der Waals surface area contributed by atoms with Crippen molar-refractivity contribution >= 4 is 10.9 Å². The lowest BCUT2D eigenvalue weighted by Crippen LogP contribution is -2.36. The van der Waals surface area contributed by atoms with Gasteiger partial charge in [-0.1, -0.05) is 127 Å². The number of aryl methyl sites for hydroxylation is 4. The first-order valence-corrected chi connectivity index (χ1v) is 18.6. The molecule has 0 bridgehead atoms. The molecule has 3 aromatic heterocycles. The van der Waals surface area contributed by atoms with Gasteiger partial charge < -0.3 is 13.7 Å². The second-order valence-corrected chi connectivity index (χ2v) is 14.0. The van der Waals surface area contributed by atoms with E-state index in [9.17, 15) is 13.2 Å². The van der Waals surface area contributed by atoms with Gasteiger partial charge in [-0.2, -0.15) is 13.2 Å². The van der Waals surface area contributed by atoms with Gasteiger partial charge in [-0.3, -0.25) is 0 Å². The van der Waals surface area contributed by atoms with Gasteiger partial charge in [0.25, 0.3) is 0 Å². The van der Waals surface area contributed by atoms with Crippen LogP contribution in [0.25, 0.3) is 10.9 Å². The van der Waals surface area contributed by atoms with Crippen molar-refractivity contribution in [2.24, 2.45) is 7.05 Å². The lowest BCUT2D eigenvalue weighted by Gasteiger charge is -2.37. The van der Waals surface area contributed by atoms with Crippen LogP contribution in [0.1, 0.15) is 57.1 Å². The van der Waals surface area contributed by atoms with Crippen LogP contribution >= 0.6 is 0 Å². The van der Waals surface area contributed by atoms with Gasteiger partial charge >= 0.3 is 6.18 Å². The smallest absolute Gasteiger partial charge is 0.350 e. The van der Waals surface area contributed by atoms with Gasteiger partial charge in [0, 0.05) is 49.7 Å². The highest BCUT2D eigenvalue weighted by Crippen LogP contribution is 2.41. The van der Waals surface area contributed by atoms with Crippen LogP contribution in [0.2, 0.25) is 0 Å². The predicted molar refractivity (Wildman–Crippen MR) is 210 cm³/mol. The minimum Gasteiger partial charge on any atom is -0.350 e. The number of nitrogens with zero attached hydrogens (tertiary/aromatic N) is 6. The van der Waals surface area contributed by atoms with Gasteiger partial charge in [0.2, 0.25) is 0 Å². The third-order valence-electron chi connectivity index (χ3n) is 10.5. The van der Waals surface area contributed by atoms with E-state index < -0.39 is 17.3 Å². The molecule has 276 valence electrons. The molecule has 0 atom stereocenters. The normalized spacial score (nSPS) is 12.1. The largest absolute Gasteiger partial charge is 0.416 e. The monoisotopic (exact) mass is 734 g/mol. The van der Waals surface area contributed by atoms with Crippen molar-refractivity contribution in [1.82, 2.24) is 28.9 Å². The van der Waals surface area contributed by atoms with E-state index in [1.165, 1.54) is 28.6 Å². The Labute approximate surface area is 318 Å². The zero-order valence-electron chi connectivity index (χ0n) is 30.6. The van der Waals surface area contributed by atoms with Crippen molar-refractivity contribution in [1.29, 1.82) is 0 Å². The van der Waals surface area contributed by atoms with Crippen molar-refractivity contribution in [3.05, 3.63) is 209 Å². The fraction of sp³-hybridized carbons (Fsp3) is 0.196. The minimum atomic E-state index is -4.42. The number of halogens is 3. The Bertz CT molecular complexity index is 2400. The summed E-state index contributed by atoms with van der Waals surface area (Å²) in [5.41, 5.74) is 5.91. The van der Waals surface area contributed by atoms with Crippen LogP contribution in [0.5, 0.6) is 0 Å². The molecule has 8 rings (SSSR count). The predicted octanol–water partition coefficient (Wildman–Crippen LogP) is 9.83. The van der Waals surface area contributed by atoms with Gasteiger partial charge in [-0.05, 0) is 59.2 Å². The maximum absolute atomic E-state index is 13.6. The molecule has 9 heteroatoms. The molecule has 0 unspecified atom stereocenters. The molecule has 0 fully saturated rings. The summed E-state index contributed by atoms with van der Waals surface area (Å²) >= 11 is 0. The summed E-state index contributed by atoms with van der Waals surface area (Å²) in [7, 11) is 2.05. The molecule has 0 saturated carbocycles. The summed E-state index contributed by atoms with van der Waals surface area (Å²) in [6.45, 7) is 0.597. The van der Waals surface area contributed by atoms with Crippen molar-refractivity contribution in [2.45, 2.75) is 50.4 Å². The van der Waals surface area contributed by atoms with E-state index in [-0.39, 0.29) is 6.42 Å². The zero-order chi connectivity index (χ0) is 37.8. The lowest BCUT2D eigenvalue weighted by atomic mass is 9.77. The third-order valence-corrected chi connectivity index (χ3v) is 10.5. The van der Waals surface area contributed by atoms with Crippen molar-refractivity contribution in [2.75, 3.05) is 0 Å². The number of fused-ring (bicyclic) bond motifs is 1. The molecule has 5 aromatic carbocycles. The molecule has 0 radical (unpaired) electrons. The Morgan fingerprint density at radius 3 is 1.85 bits per heavy atom. The first-order chi connectivity index (χ1) is 26.8. The average molecular weight is 735 g/mol. The second-order valence-electron chi connectivity index (χ2n) is 14.0. The van der Waals surface area contributed by atoms with Gasteiger partial charge in [0.1, 0.15) is 17.2 Å². The fourth-order valence-corrected chi connectivity index (χ4v) is 7.94. The molecule has 0 amide bonds. The van der Waals surface area contributed by atoms with Gasteiger partial charge in [0.15, 0.2) is 0 Å². The second kappa shape index (κ2) is 15.3. The molecular weight excluding hydrogens is 694 g/mol. The van der Waals surface area contributed by atoms with Crippen LogP contribution in [0.3, 0.4) is 0 Å². The summed E-state index contributed by atoms with van der Waals surface area (Å²) in [4.78, 5) is 4.94. The van der Waals surface area contributed by atoms with E-state index in [4.69, 9.17) is 4.98 Å². The van der Waals surface area contributed by atoms with Crippen LogP contribution in [0, 0.1) is 0 Å². The van der Waals surface area contributed by atoms with E-state index >= 15 is 0 Å². The van der Waals surface area contributed by atoms with E-state index in [0.29, 0.717) is 30.8 Å². The highest BCUT2D eigenvalue weighted by atomic mass is 19.4. The maximum atomic E-state index is 13.6. The molecular formula is C46H41F3N6. The average Bonchev–Trinajstić information content (AvgIpc) is 3.93.